The zero-order chi connectivity index (χ0) is 14.0. The maximum absolute atomic E-state index is 12.0. The highest BCUT2D eigenvalue weighted by atomic mass is 16.3. The molecule has 0 atom stereocenters. The van der Waals surface area contributed by atoms with Crippen LogP contribution in [0.5, 0.6) is 5.75 Å². The van der Waals surface area contributed by atoms with E-state index >= 15 is 0 Å². The van der Waals surface area contributed by atoms with Crippen molar-refractivity contribution in [3.63, 3.8) is 0 Å². The van der Waals surface area contributed by atoms with Gasteiger partial charge in [0.1, 0.15) is 11.6 Å². The lowest BCUT2D eigenvalue weighted by molar-refractivity contribution is 0.102. The van der Waals surface area contributed by atoms with Gasteiger partial charge in [-0.1, -0.05) is 13.0 Å². The van der Waals surface area contributed by atoms with Crippen molar-refractivity contribution >= 4 is 11.9 Å². The zero-order valence-corrected chi connectivity index (χ0v) is 11.1. The largest absolute Gasteiger partial charge is 0.507 e. The molecule has 2 aromatic rings. The van der Waals surface area contributed by atoms with Crippen LogP contribution in [0.25, 0.3) is 0 Å². The number of phenolic OH excluding ortho intramolecular Hbond substituents is 1. The Hall–Kier alpha value is -2.37. The predicted molar refractivity (Wildman–Crippen MR) is 71.2 cm³/mol. The monoisotopic (exact) mass is 260 g/mol. The van der Waals surface area contributed by atoms with Crippen LogP contribution in [0.1, 0.15) is 28.7 Å². The van der Waals surface area contributed by atoms with Crippen LogP contribution in [0.4, 0.5) is 5.95 Å². The first kappa shape index (κ1) is 13.1. The van der Waals surface area contributed by atoms with E-state index < -0.39 is 5.91 Å². The van der Waals surface area contributed by atoms with Gasteiger partial charge >= 0.3 is 0 Å². The van der Waals surface area contributed by atoms with Crippen LogP contribution in [0.15, 0.2) is 18.2 Å². The van der Waals surface area contributed by atoms with E-state index in [9.17, 15) is 9.90 Å². The Morgan fingerprint density at radius 2 is 2.16 bits per heavy atom. The second-order valence-corrected chi connectivity index (χ2v) is 4.29. The van der Waals surface area contributed by atoms with Gasteiger partial charge in [-0.25, -0.2) is 0 Å². The fourth-order valence-electron chi connectivity index (χ4n) is 1.67. The number of benzene rings is 1. The SMILES string of the molecule is CCc1ccc(C(=O)Nc2nnc(C)n2C)c(O)c1. The Bertz CT molecular complexity index is 619. The summed E-state index contributed by atoms with van der Waals surface area (Å²) >= 11 is 0. The van der Waals surface area contributed by atoms with Crippen LogP contribution in [0.2, 0.25) is 0 Å². The fraction of sp³-hybridized carbons (Fsp3) is 0.308. The number of anilines is 1. The van der Waals surface area contributed by atoms with Gasteiger partial charge in [0.05, 0.1) is 5.56 Å². The van der Waals surface area contributed by atoms with Crippen molar-refractivity contribution in [1.82, 2.24) is 14.8 Å². The molecule has 0 fully saturated rings. The molecule has 0 saturated heterocycles. The van der Waals surface area contributed by atoms with Gasteiger partial charge in [0.15, 0.2) is 0 Å². The van der Waals surface area contributed by atoms with E-state index in [0.29, 0.717) is 11.8 Å². The summed E-state index contributed by atoms with van der Waals surface area (Å²) in [6.07, 6.45) is 0.804. The highest BCUT2D eigenvalue weighted by Crippen LogP contribution is 2.20. The van der Waals surface area contributed by atoms with Gasteiger partial charge in [-0.05, 0) is 31.0 Å². The van der Waals surface area contributed by atoms with E-state index in [1.165, 1.54) is 0 Å². The van der Waals surface area contributed by atoms with E-state index in [1.54, 1.807) is 30.7 Å². The minimum absolute atomic E-state index is 0.0317. The van der Waals surface area contributed by atoms with Gasteiger partial charge in [0.2, 0.25) is 5.95 Å². The summed E-state index contributed by atoms with van der Waals surface area (Å²) in [5, 5.41) is 20.1. The number of nitrogens with zero attached hydrogens (tertiary/aromatic N) is 3. The summed E-state index contributed by atoms with van der Waals surface area (Å²) in [7, 11) is 1.75. The lowest BCUT2D eigenvalue weighted by Crippen LogP contribution is -2.15. The van der Waals surface area contributed by atoms with Crippen molar-refractivity contribution in [2.75, 3.05) is 5.32 Å². The molecule has 1 heterocycles. The molecule has 1 amide bonds. The highest BCUT2D eigenvalue weighted by molar-refractivity contribution is 6.05. The summed E-state index contributed by atoms with van der Waals surface area (Å²) in [6.45, 7) is 3.77. The number of amides is 1. The summed E-state index contributed by atoms with van der Waals surface area (Å²) in [5.74, 6) is 0.605. The quantitative estimate of drug-likeness (QED) is 0.879. The topological polar surface area (TPSA) is 80.0 Å². The van der Waals surface area contributed by atoms with Crippen molar-refractivity contribution in [3.8, 4) is 5.75 Å². The minimum Gasteiger partial charge on any atom is -0.507 e. The highest BCUT2D eigenvalue weighted by Gasteiger charge is 2.14. The molecule has 0 spiro atoms. The van der Waals surface area contributed by atoms with E-state index in [-0.39, 0.29) is 11.3 Å². The standard InChI is InChI=1S/C13H16N4O2/c1-4-9-5-6-10(11(18)7-9)12(19)14-13-16-15-8(2)17(13)3/h5-7,18H,4H2,1-3H3,(H,14,16,19). The summed E-state index contributed by atoms with van der Waals surface area (Å²) in [5.41, 5.74) is 1.20. The van der Waals surface area contributed by atoms with Crippen molar-refractivity contribution in [3.05, 3.63) is 35.2 Å². The maximum atomic E-state index is 12.0. The molecule has 2 rings (SSSR count). The number of nitrogens with one attached hydrogen (secondary N) is 1. The molecule has 2 N–H and O–H groups in total. The molecule has 0 aliphatic rings. The molecule has 19 heavy (non-hydrogen) atoms. The lowest BCUT2D eigenvalue weighted by Gasteiger charge is -2.07. The van der Waals surface area contributed by atoms with E-state index in [2.05, 4.69) is 15.5 Å². The molecule has 1 aromatic heterocycles. The Kier molecular flexibility index (Phi) is 3.50. The summed E-state index contributed by atoms with van der Waals surface area (Å²) < 4.78 is 1.66. The molecule has 6 nitrogen and oxygen atoms in total. The van der Waals surface area contributed by atoms with Crippen LogP contribution in [-0.4, -0.2) is 25.8 Å². The minimum atomic E-state index is -0.407. The van der Waals surface area contributed by atoms with Crippen molar-refractivity contribution in [1.29, 1.82) is 0 Å². The first-order valence-corrected chi connectivity index (χ1v) is 6.02. The first-order chi connectivity index (χ1) is 9.02. The van der Waals surface area contributed by atoms with E-state index in [4.69, 9.17) is 0 Å². The Balaban J connectivity index is 2.23. The zero-order valence-electron chi connectivity index (χ0n) is 11.1. The fourth-order valence-corrected chi connectivity index (χ4v) is 1.67. The number of phenols is 1. The molecule has 0 radical (unpaired) electrons. The van der Waals surface area contributed by atoms with Crippen LogP contribution in [0, 0.1) is 6.92 Å². The van der Waals surface area contributed by atoms with Crippen molar-refractivity contribution < 1.29 is 9.90 Å². The number of carbonyl (C=O) groups is 1. The first-order valence-electron chi connectivity index (χ1n) is 6.02. The number of carbonyl (C=O) groups excluding carboxylic acids is 1. The number of hydrogen-bond donors (Lipinski definition) is 2. The van der Waals surface area contributed by atoms with Gasteiger partial charge in [0.25, 0.3) is 5.91 Å². The molecular formula is C13H16N4O2. The number of aryl methyl sites for hydroxylation is 2. The number of rotatable bonds is 3. The van der Waals surface area contributed by atoms with Crippen LogP contribution in [-0.2, 0) is 13.5 Å². The third-order valence-corrected chi connectivity index (χ3v) is 3.03. The summed E-state index contributed by atoms with van der Waals surface area (Å²) in [4.78, 5) is 12.0. The molecule has 0 unspecified atom stereocenters. The number of aromatic nitrogens is 3. The molecule has 6 heteroatoms. The van der Waals surface area contributed by atoms with Gasteiger partial charge in [-0.2, -0.15) is 0 Å². The van der Waals surface area contributed by atoms with Crippen LogP contribution >= 0.6 is 0 Å². The van der Waals surface area contributed by atoms with Gasteiger partial charge in [-0.3, -0.25) is 10.1 Å². The lowest BCUT2D eigenvalue weighted by atomic mass is 10.1. The number of hydrogen-bond acceptors (Lipinski definition) is 4. The molecule has 0 aliphatic carbocycles. The predicted octanol–water partition coefficient (Wildman–Crippen LogP) is 1.64. The Morgan fingerprint density at radius 3 is 2.68 bits per heavy atom. The molecule has 100 valence electrons. The van der Waals surface area contributed by atoms with Gasteiger partial charge in [-0.15, -0.1) is 10.2 Å². The second-order valence-electron chi connectivity index (χ2n) is 4.29. The van der Waals surface area contributed by atoms with Crippen LogP contribution < -0.4 is 5.32 Å². The average Bonchev–Trinajstić information content (AvgIpc) is 2.70. The van der Waals surface area contributed by atoms with Crippen LogP contribution in [0.3, 0.4) is 0 Å². The molecule has 1 aromatic carbocycles. The smallest absolute Gasteiger partial charge is 0.261 e. The average molecular weight is 260 g/mol. The summed E-state index contributed by atoms with van der Waals surface area (Å²) in [6, 6.07) is 5.01. The third-order valence-electron chi connectivity index (χ3n) is 3.03. The Morgan fingerprint density at radius 1 is 1.42 bits per heavy atom. The molecule has 0 aliphatic heterocycles. The molecule has 0 saturated carbocycles. The Labute approximate surface area is 111 Å². The van der Waals surface area contributed by atoms with E-state index in [1.807, 2.05) is 13.0 Å². The van der Waals surface area contributed by atoms with Gasteiger partial charge < -0.3 is 9.67 Å². The molecular weight excluding hydrogens is 244 g/mol. The second kappa shape index (κ2) is 5.09. The normalized spacial score (nSPS) is 10.5. The molecule has 0 bridgehead atoms. The van der Waals surface area contributed by atoms with Crippen molar-refractivity contribution in [2.45, 2.75) is 20.3 Å². The van der Waals surface area contributed by atoms with Crippen molar-refractivity contribution in [2.24, 2.45) is 7.05 Å². The maximum Gasteiger partial charge on any atom is 0.261 e. The third kappa shape index (κ3) is 2.57. The van der Waals surface area contributed by atoms with Gasteiger partial charge in [0, 0.05) is 7.05 Å². The number of aromatic hydroxyl groups is 1. The van der Waals surface area contributed by atoms with E-state index in [0.717, 1.165) is 12.0 Å².